The van der Waals surface area contributed by atoms with Crippen LogP contribution < -0.4 is 5.32 Å². The molecular formula is C33H40N4S. The van der Waals surface area contributed by atoms with Crippen LogP contribution in [-0.4, -0.2) is 59.0 Å². The van der Waals surface area contributed by atoms with Gasteiger partial charge >= 0.3 is 0 Å². The zero-order chi connectivity index (χ0) is 26.2. The van der Waals surface area contributed by atoms with Gasteiger partial charge in [-0.2, -0.15) is 0 Å². The third kappa shape index (κ3) is 7.22. The van der Waals surface area contributed by atoms with E-state index in [1.165, 1.54) is 28.7 Å². The highest BCUT2D eigenvalue weighted by Crippen LogP contribution is 2.22. The van der Waals surface area contributed by atoms with Crippen LogP contribution in [-0.2, 0) is 19.3 Å². The fourth-order valence-electron chi connectivity index (χ4n) is 5.72. The summed E-state index contributed by atoms with van der Waals surface area (Å²) in [7, 11) is 0. The third-order valence-electron chi connectivity index (χ3n) is 7.74. The van der Waals surface area contributed by atoms with E-state index in [4.69, 9.17) is 17.2 Å². The van der Waals surface area contributed by atoms with Gasteiger partial charge < -0.3 is 15.1 Å². The average molecular weight is 525 g/mol. The molecular weight excluding hydrogens is 484 g/mol. The lowest BCUT2D eigenvalue weighted by molar-refractivity contribution is 0.341. The van der Waals surface area contributed by atoms with Crippen LogP contribution in [0, 0.1) is 6.92 Å². The first-order valence-corrected chi connectivity index (χ1v) is 14.5. The molecule has 2 heterocycles. The number of aliphatic imine (C=N–C) groups is 1. The van der Waals surface area contributed by atoms with Crippen molar-refractivity contribution in [3.05, 3.63) is 107 Å². The first-order valence-electron chi connectivity index (χ1n) is 14.1. The molecule has 1 saturated heterocycles. The molecule has 5 rings (SSSR count). The van der Waals surface area contributed by atoms with Crippen LogP contribution in [0.3, 0.4) is 0 Å². The molecule has 3 aromatic rings. The Morgan fingerprint density at radius 2 is 1.61 bits per heavy atom. The zero-order valence-corrected chi connectivity index (χ0v) is 23.4. The Morgan fingerprint density at radius 1 is 0.868 bits per heavy atom. The summed E-state index contributed by atoms with van der Waals surface area (Å²) in [5, 5.41) is 4.70. The molecule has 2 aliphatic rings. The highest BCUT2D eigenvalue weighted by Gasteiger charge is 2.33. The van der Waals surface area contributed by atoms with Crippen molar-refractivity contribution < 1.29 is 0 Å². The largest absolute Gasteiger partial charge is 0.369 e. The minimum absolute atomic E-state index is 0.433. The Hall–Kier alpha value is -3.18. The molecule has 3 aromatic carbocycles. The van der Waals surface area contributed by atoms with E-state index in [-0.39, 0.29) is 0 Å². The van der Waals surface area contributed by atoms with Crippen molar-refractivity contribution in [2.24, 2.45) is 4.99 Å². The maximum Gasteiger partial charge on any atom is 0.171 e. The third-order valence-corrected chi connectivity index (χ3v) is 8.24. The second-order valence-electron chi connectivity index (χ2n) is 10.8. The van der Waals surface area contributed by atoms with Crippen LogP contribution in [0.15, 0.2) is 89.9 Å². The number of benzene rings is 3. The van der Waals surface area contributed by atoms with E-state index in [1.807, 2.05) is 0 Å². The fourth-order valence-corrected chi connectivity index (χ4v) is 6.12. The Kier molecular flexibility index (Phi) is 9.08. The summed E-state index contributed by atoms with van der Waals surface area (Å²) in [5.41, 5.74) is 5.41. The quantitative estimate of drug-likeness (QED) is 0.238. The summed E-state index contributed by atoms with van der Waals surface area (Å²) in [6, 6.07) is 31.3. The molecule has 0 bridgehead atoms. The lowest BCUT2D eigenvalue weighted by atomic mass is 10.0. The van der Waals surface area contributed by atoms with Crippen molar-refractivity contribution in [3.63, 3.8) is 0 Å². The number of thiocarbonyl (C=S) groups is 1. The van der Waals surface area contributed by atoms with E-state index in [0.29, 0.717) is 12.1 Å². The molecule has 0 saturated carbocycles. The predicted molar refractivity (Wildman–Crippen MR) is 163 cm³/mol. The lowest BCUT2D eigenvalue weighted by Gasteiger charge is -2.26. The second kappa shape index (κ2) is 13.1. The van der Waals surface area contributed by atoms with E-state index >= 15 is 0 Å². The number of unbranched alkanes of at least 4 members (excludes halogenated alkanes) is 1. The smallest absolute Gasteiger partial charge is 0.171 e. The Morgan fingerprint density at radius 3 is 2.37 bits per heavy atom. The first-order chi connectivity index (χ1) is 18.6. The Bertz CT molecular complexity index is 1210. The monoisotopic (exact) mass is 524 g/mol. The van der Waals surface area contributed by atoms with Gasteiger partial charge in [-0.1, -0.05) is 90.5 Å². The van der Waals surface area contributed by atoms with Gasteiger partial charge in [0.05, 0.1) is 12.6 Å². The molecule has 0 radical (unpaired) electrons. The molecule has 38 heavy (non-hydrogen) atoms. The molecule has 2 aliphatic heterocycles. The molecule has 0 aromatic heterocycles. The minimum atomic E-state index is 0.433. The SMILES string of the molecule is Cc1cccc(CC2=NC[C@H](CCCCN3C[C@H](Cc4ccccc4)N(CCc4ccccc4)C3=S)N2)c1. The van der Waals surface area contributed by atoms with Crippen LogP contribution in [0.4, 0.5) is 0 Å². The van der Waals surface area contributed by atoms with Gasteiger partial charge in [0.15, 0.2) is 5.11 Å². The number of nitrogens with one attached hydrogen (secondary N) is 1. The molecule has 1 fully saturated rings. The molecule has 198 valence electrons. The van der Waals surface area contributed by atoms with Gasteiger partial charge in [0, 0.05) is 32.1 Å². The second-order valence-corrected chi connectivity index (χ2v) is 11.2. The van der Waals surface area contributed by atoms with Gasteiger partial charge in [0.1, 0.15) is 5.84 Å². The van der Waals surface area contributed by atoms with Gasteiger partial charge in [0.2, 0.25) is 0 Å². The van der Waals surface area contributed by atoms with Crippen LogP contribution in [0.25, 0.3) is 0 Å². The van der Waals surface area contributed by atoms with Crippen LogP contribution in [0.1, 0.15) is 41.5 Å². The van der Waals surface area contributed by atoms with E-state index in [1.54, 1.807) is 0 Å². The molecule has 5 heteroatoms. The summed E-state index contributed by atoms with van der Waals surface area (Å²) < 4.78 is 0. The summed E-state index contributed by atoms with van der Waals surface area (Å²) in [6.07, 6.45) is 6.49. The van der Waals surface area contributed by atoms with Gasteiger partial charge in [-0.05, 0) is 67.9 Å². The fraction of sp³-hybridized carbons (Fsp3) is 0.394. The topological polar surface area (TPSA) is 30.9 Å². The van der Waals surface area contributed by atoms with E-state index < -0.39 is 0 Å². The van der Waals surface area contributed by atoms with Crippen molar-refractivity contribution in [2.45, 2.75) is 57.5 Å². The summed E-state index contributed by atoms with van der Waals surface area (Å²) >= 11 is 6.04. The van der Waals surface area contributed by atoms with Crippen molar-refractivity contribution in [1.82, 2.24) is 15.1 Å². The number of amidine groups is 1. The molecule has 2 atom stereocenters. The predicted octanol–water partition coefficient (Wildman–Crippen LogP) is 5.83. The Balaban J connectivity index is 1.09. The number of hydrogen-bond acceptors (Lipinski definition) is 3. The molecule has 0 aliphatic carbocycles. The van der Waals surface area contributed by atoms with Crippen LogP contribution in [0.5, 0.6) is 0 Å². The van der Waals surface area contributed by atoms with Crippen molar-refractivity contribution in [2.75, 3.05) is 26.2 Å². The molecule has 4 nitrogen and oxygen atoms in total. The zero-order valence-electron chi connectivity index (χ0n) is 22.6. The summed E-state index contributed by atoms with van der Waals surface area (Å²) in [4.78, 5) is 9.72. The minimum Gasteiger partial charge on any atom is -0.369 e. The van der Waals surface area contributed by atoms with E-state index in [9.17, 15) is 0 Å². The highest BCUT2D eigenvalue weighted by molar-refractivity contribution is 7.80. The van der Waals surface area contributed by atoms with Crippen molar-refractivity contribution in [1.29, 1.82) is 0 Å². The van der Waals surface area contributed by atoms with Crippen molar-refractivity contribution >= 4 is 23.2 Å². The van der Waals surface area contributed by atoms with Crippen LogP contribution in [0.2, 0.25) is 0 Å². The summed E-state index contributed by atoms with van der Waals surface area (Å²) in [5.74, 6) is 1.14. The van der Waals surface area contributed by atoms with Gasteiger partial charge in [-0.15, -0.1) is 0 Å². The van der Waals surface area contributed by atoms with Gasteiger partial charge in [0.25, 0.3) is 0 Å². The van der Waals surface area contributed by atoms with Gasteiger partial charge in [-0.25, -0.2) is 0 Å². The maximum atomic E-state index is 6.04. The molecule has 0 spiro atoms. The lowest BCUT2D eigenvalue weighted by Crippen LogP contribution is -2.37. The van der Waals surface area contributed by atoms with E-state index in [2.05, 4.69) is 107 Å². The van der Waals surface area contributed by atoms with Gasteiger partial charge in [-0.3, -0.25) is 4.99 Å². The normalized spacial score (nSPS) is 19.1. The summed E-state index contributed by atoms with van der Waals surface area (Å²) in [6.45, 7) is 6.08. The van der Waals surface area contributed by atoms with Crippen LogP contribution >= 0.6 is 12.2 Å². The molecule has 0 unspecified atom stereocenters. The maximum absolute atomic E-state index is 6.04. The van der Waals surface area contributed by atoms with E-state index in [0.717, 1.165) is 69.2 Å². The highest BCUT2D eigenvalue weighted by atomic mass is 32.1. The Labute approximate surface area is 233 Å². The number of aryl methyl sites for hydroxylation is 1. The standard InChI is InChI=1S/C33H40N4S/c1-26-11-10-16-29(21-26)23-32-34-24-30(35-32)17-8-9-19-36-25-31(22-28-14-6-3-7-15-28)37(33(36)38)20-18-27-12-4-2-5-13-27/h2-7,10-16,21,30-31H,8-9,17-20,22-25H2,1H3,(H,34,35)/t30-,31-/m0/s1. The number of rotatable bonds is 12. The average Bonchev–Trinajstić information content (AvgIpc) is 3.50. The number of nitrogens with zero attached hydrogens (tertiary/aromatic N) is 3. The number of hydrogen-bond donors (Lipinski definition) is 1. The first kappa shape index (κ1) is 26.4. The molecule has 1 N–H and O–H groups in total. The molecule has 0 amide bonds. The van der Waals surface area contributed by atoms with Crippen molar-refractivity contribution in [3.8, 4) is 0 Å².